The predicted molar refractivity (Wildman–Crippen MR) is 105 cm³/mol. The zero-order valence-corrected chi connectivity index (χ0v) is 17.1. The van der Waals surface area contributed by atoms with Crippen LogP contribution in [0.2, 0.25) is 0 Å². The lowest BCUT2D eigenvalue weighted by molar-refractivity contribution is -0.127. The summed E-state index contributed by atoms with van der Waals surface area (Å²) in [6, 6.07) is 4.31. The van der Waals surface area contributed by atoms with Gasteiger partial charge in [-0.1, -0.05) is 6.07 Å². The number of nitrogens with two attached hydrogens (primary N) is 1. The third kappa shape index (κ3) is 3.39. The number of rotatable bonds is 4. The van der Waals surface area contributed by atoms with E-state index in [4.69, 9.17) is 15.2 Å². The first kappa shape index (κ1) is 20.4. The van der Waals surface area contributed by atoms with Crippen molar-refractivity contribution in [1.82, 2.24) is 0 Å². The van der Waals surface area contributed by atoms with Crippen LogP contribution >= 0.6 is 0 Å². The molecule has 4 rings (SSSR count). The molecule has 0 aliphatic carbocycles. The first-order valence-electron chi connectivity index (χ1n) is 9.76. The summed E-state index contributed by atoms with van der Waals surface area (Å²) in [5, 5.41) is 0. The van der Waals surface area contributed by atoms with Crippen LogP contribution in [-0.2, 0) is 36.1 Å². The molecule has 9 heteroatoms. The van der Waals surface area contributed by atoms with Crippen LogP contribution in [-0.4, -0.2) is 56.5 Å². The summed E-state index contributed by atoms with van der Waals surface area (Å²) >= 11 is 0. The van der Waals surface area contributed by atoms with Gasteiger partial charge in [0, 0.05) is 25.2 Å². The van der Waals surface area contributed by atoms with Gasteiger partial charge in [-0.25, -0.2) is 12.8 Å². The lowest BCUT2D eigenvalue weighted by atomic mass is 9.90. The second kappa shape index (κ2) is 7.14. The highest BCUT2D eigenvalue weighted by Crippen LogP contribution is 2.41. The number of halogens is 1. The number of nitrogens with zero attached hydrogens (tertiary/aromatic N) is 1. The summed E-state index contributed by atoms with van der Waals surface area (Å²) in [4.78, 5) is 16.9. The first-order valence-corrected chi connectivity index (χ1v) is 11.4. The molecule has 3 aliphatic heterocycles. The molecule has 3 heterocycles. The van der Waals surface area contributed by atoms with Crippen molar-refractivity contribution in [2.75, 3.05) is 25.6 Å². The molecule has 3 aliphatic rings. The minimum atomic E-state index is -3.73. The Kier molecular flexibility index (Phi) is 5.03. The third-order valence-corrected chi connectivity index (χ3v) is 8.83. The lowest BCUT2D eigenvalue weighted by Gasteiger charge is -2.39. The van der Waals surface area contributed by atoms with Crippen LogP contribution in [0.3, 0.4) is 0 Å². The highest BCUT2D eigenvalue weighted by molar-refractivity contribution is 7.93. The van der Waals surface area contributed by atoms with Crippen molar-refractivity contribution >= 4 is 21.5 Å². The highest BCUT2D eigenvalue weighted by Gasteiger charge is 2.57. The van der Waals surface area contributed by atoms with Crippen molar-refractivity contribution in [2.24, 2.45) is 10.7 Å². The molecule has 2 N–H and O–H groups in total. The smallest absolute Gasteiger partial charge is 0.168 e. The van der Waals surface area contributed by atoms with E-state index >= 15 is 0 Å². The SMILES string of the molecule is C[C@@]1(c2cc(CC(=O)[C@H]3CCCO3)ccc2F)CS(=O)(=O)[C@]2(CCOC2)C(N)=N1. The number of ether oxygens (including phenoxy) is 2. The monoisotopic (exact) mass is 424 g/mol. The number of hydrogen-bond acceptors (Lipinski definition) is 7. The molecule has 0 saturated carbocycles. The number of benzene rings is 1. The summed E-state index contributed by atoms with van der Waals surface area (Å²) in [5.74, 6) is -1.05. The van der Waals surface area contributed by atoms with E-state index in [1.54, 1.807) is 6.92 Å². The van der Waals surface area contributed by atoms with Crippen LogP contribution in [0.25, 0.3) is 0 Å². The molecule has 0 radical (unpaired) electrons. The van der Waals surface area contributed by atoms with Gasteiger partial charge in [-0.2, -0.15) is 0 Å². The maximum absolute atomic E-state index is 14.7. The molecule has 2 saturated heterocycles. The van der Waals surface area contributed by atoms with Crippen LogP contribution in [0.4, 0.5) is 4.39 Å². The Bertz CT molecular complexity index is 965. The van der Waals surface area contributed by atoms with Crippen molar-refractivity contribution < 1.29 is 27.1 Å². The van der Waals surface area contributed by atoms with Gasteiger partial charge in [0.2, 0.25) is 0 Å². The second-order valence-corrected chi connectivity index (χ2v) is 10.6. The van der Waals surface area contributed by atoms with Crippen LogP contribution in [0.15, 0.2) is 23.2 Å². The molecule has 2 fully saturated rings. The fraction of sp³-hybridized carbons (Fsp3) is 0.600. The van der Waals surface area contributed by atoms with E-state index < -0.39 is 32.0 Å². The van der Waals surface area contributed by atoms with E-state index in [2.05, 4.69) is 4.99 Å². The van der Waals surface area contributed by atoms with Gasteiger partial charge in [-0.15, -0.1) is 0 Å². The van der Waals surface area contributed by atoms with Gasteiger partial charge in [0.25, 0.3) is 0 Å². The van der Waals surface area contributed by atoms with Gasteiger partial charge < -0.3 is 15.2 Å². The van der Waals surface area contributed by atoms with Crippen LogP contribution in [0, 0.1) is 5.82 Å². The summed E-state index contributed by atoms with van der Waals surface area (Å²) in [5.41, 5.74) is 5.46. The third-order valence-electron chi connectivity index (χ3n) is 6.16. The maximum Gasteiger partial charge on any atom is 0.168 e. The molecule has 3 atom stereocenters. The Morgan fingerprint density at radius 1 is 1.38 bits per heavy atom. The molecule has 0 unspecified atom stereocenters. The number of carbonyl (C=O) groups is 1. The van der Waals surface area contributed by atoms with Crippen LogP contribution < -0.4 is 5.73 Å². The fourth-order valence-electron chi connectivity index (χ4n) is 4.44. The standard InChI is InChI=1S/C20H25FN2O5S/c1-19(12-29(25,26)20(18(22)23-19)6-8-27-11-20)14-9-13(4-5-15(14)21)10-16(24)17-3-2-7-28-17/h4-5,9,17H,2-3,6-8,10-12H2,1H3,(H2,22,23)/t17-,19+,20+/m1/s1. The number of aliphatic imine (C=N–C) groups is 1. The Morgan fingerprint density at radius 3 is 2.79 bits per heavy atom. The zero-order chi connectivity index (χ0) is 20.9. The molecule has 158 valence electrons. The Labute approximate surface area is 169 Å². The van der Waals surface area contributed by atoms with Crippen molar-refractivity contribution in [3.63, 3.8) is 0 Å². The maximum atomic E-state index is 14.7. The molecular weight excluding hydrogens is 399 g/mol. The summed E-state index contributed by atoms with van der Waals surface area (Å²) < 4.78 is 50.4. The highest BCUT2D eigenvalue weighted by atomic mass is 32.2. The van der Waals surface area contributed by atoms with Gasteiger partial charge in [-0.05, 0) is 43.9 Å². The van der Waals surface area contributed by atoms with E-state index in [0.29, 0.717) is 25.2 Å². The van der Waals surface area contributed by atoms with Gasteiger partial charge in [0.1, 0.15) is 23.3 Å². The van der Waals surface area contributed by atoms with Gasteiger partial charge >= 0.3 is 0 Å². The quantitative estimate of drug-likeness (QED) is 0.780. The molecule has 1 aromatic rings. The molecule has 29 heavy (non-hydrogen) atoms. The fourth-order valence-corrected chi connectivity index (χ4v) is 6.70. The molecule has 1 aromatic carbocycles. The van der Waals surface area contributed by atoms with Crippen molar-refractivity contribution in [2.45, 2.75) is 49.0 Å². The Morgan fingerprint density at radius 2 is 2.17 bits per heavy atom. The Hall–Kier alpha value is -1.84. The first-order chi connectivity index (χ1) is 13.7. The Balaban J connectivity index is 1.68. The lowest BCUT2D eigenvalue weighted by Crippen LogP contribution is -2.58. The number of ketones is 1. The van der Waals surface area contributed by atoms with Gasteiger partial charge in [0.05, 0.1) is 12.4 Å². The predicted octanol–water partition coefficient (Wildman–Crippen LogP) is 1.28. The number of hydrogen-bond donors (Lipinski definition) is 1. The number of sulfone groups is 1. The molecular formula is C20H25FN2O5S. The minimum absolute atomic E-state index is 0.0286. The minimum Gasteiger partial charge on any atom is -0.386 e. The van der Waals surface area contributed by atoms with E-state index in [0.717, 1.165) is 6.42 Å². The second-order valence-electron chi connectivity index (χ2n) is 8.29. The topological polar surface area (TPSA) is 108 Å². The van der Waals surface area contributed by atoms with Crippen LogP contribution in [0.5, 0.6) is 0 Å². The van der Waals surface area contributed by atoms with Crippen molar-refractivity contribution in [3.8, 4) is 0 Å². The molecule has 0 amide bonds. The molecule has 0 aromatic heterocycles. The largest absolute Gasteiger partial charge is 0.386 e. The van der Waals surface area contributed by atoms with Gasteiger partial charge in [-0.3, -0.25) is 9.79 Å². The number of carbonyl (C=O) groups excluding carboxylic acids is 1. The van der Waals surface area contributed by atoms with Crippen LogP contribution in [0.1, 0.15) is 37.3 Å². The van der Waals surface area contributed by atoms with Gasteiger partial charge in [0.15, 0.2) is 20.4 Å². The van der Waals surface area contributed by atoms with Crippen molar-refractivity contribution in [1.29, 1.82) is 0 Å². The average Bonchev–Trinajstić information content (AvgIpc) is 3.34. The van der Waals surface area contributed by atoms with E-state index in [1.165, 1.54) is 18.2 Å². The normalized spacial score (nSPS) is 33.7. The van der Waals surface area contributed by atoms with E-state index in [1.807, 2.05) is 0 Å². The summed E-state index contributed by atoms with van der Waals surface area (Å²) in [6.07, 6.45) is 1.45. The zero-order valence-electron chi connectivity index (χ0n) is 16.3. The summed E-state index contributed by atoms with van der Waals surface area (Å²) in [6.45, 7) is 2.39. The average molecular weight is 424 g/mol. The van der Waals surface area contributed by atoms with Crippen molar-refractivity contribution in [3.05, 3.63) is 35.1 Å². The number of amidine groups is 1. The molecule has 7 nitrogen and oxygen atoms in total. The molecule has 1 spiro atoms. The van der Waals surface area contributed by atoms with E-state index in [-0.39, 0.29) is 42.4 Å². The molecule has 0 bridgehead atoms. The number of Topliss-reactive ketones (excluding diaryl/α,β-unsaturated/α-hetero) is 1. The van der Waals surface area contributed by atoms with E-state index in [9.17, 15) is 17.6 Å². The summed E-state index contributed by atoms with van der Waals surface area (Å²) in [7, 11) is -3.73.